The summed E-state index contributed by atoms with van der Waals surface area (Å²) in [5.41, 5.74) is 2.56. The number of hydrogen-bond donors (Lipinski definition) is 1. The van der Waals surface area contributed by atoms with Crippen LogP contribution in [0.15, 0.2) is 29.3 Å². The largest absolute Gasteiger partial charge is 0.313 e. The second kappa shape index (κ2) is 4.49. The highest BCUT2D eigenvalue weighted by Gasteiger charge is 2.11. The van der Waals surface area contributed by atoms with Crippen molar-refractivity contribution in [3.63, 3.8) is 0 Å². The van der Waals surface area contributed by atoms with E-state index in [1.165, 1.54) is 18.5 Å². The van der Waals surface area contributed by atoms with Crippen LogP contribution in [0.3, 0.4) is 0 Å². The van der Waals surface area contributed by atoms with Crippen molar-refractivity contribution in [2.24, 2.45) is 0 Å². The molecule has 0 saturated carbocycles. The molecule has 1 heterocycles. The van der Waals surface area contributed by atoms with Crippen LogP contribution in [0.25, 0.3) is 11.3 Å². The molecule has 0 saturated heterocycles. The van der Waals surface area contributed by atoms with E-state index >= 15 is 0 Å². The van der Waals surface area contributed by atoms with Gasteiger partial charge in [-0.25, -0.2) is 9.37 Å². The number of H-pyrrole nitrogens is 1. The van der Waals surface area contributed by atoms with Crippen molar-refractivity contribution in [1.29, 1.82) is 0 Å². The highest BCUT2D eigenvalue weighted by atomic mass is 19.1. The van der Waals surface area contributed by atoms with E-state index in [1.54, 1.807) is 6.07 Å². The number of aryl methyl sites for hydroxylation is 1. The minimum Gasteiger partial charge on any atom is -0.313 e. The standard InChI is InChI=1S/C13H13FN2O/c1-3-10-12(15-7-16-13(10)17)11-6-9(14)5-4-8(11)2/h4-7H,3H2,1-2H3,(H,15,16,17). The van der Waals surface area contributed by atoms with E-state index in [4.69, 9.17) is 0 Å². The minimum absolute atomic E-state index is 0.166. The maximum absolute atomic E-state index is 13.3. The van der Waals surface area contributed by atoms with Crippen LogP contribution in [0, 0.1) is 12.7 Å². The fourth-order valence-electron chi connectivity index (χ4n) is 1.84. The lowest BCUT2D eigenvalue weighted by atomic mass is 10.0. The van der Waals surface area contributed by atoms with Gasteiger partial charge in [-0.15, -0.1) is 0 Å². The lowest BCUT2D eigenvalue weighted by molar-refractivity contribution is 0.628. The van der Waals surface area contributed by atoms with Gasteiger partial charge in [-0.1, -0.05) is 13.0 Å². The summed E-state index contributed by atoms with van der Waals surface area (Å²) >= 11 is 0. The van der Waals surface area contributed by atoms with E-state index in [0.29, 0.717) is 23.2 Å². The topological polar surface area (TPSA) is 45.8 Å². The average Bonchev–Trinajstić information content (AvgIpc) is 2.32. The van der Waals surface area contributed by atoms with E-state index < -0.39 is 0 Å². The van der Waals surface area contributed by atoms with Crippen LogP contribution in [-0.2, 0) is 6.42 Å². The van der Waals surface area contributed by atoms with Crippen LogP contribution in [0.5, 0.6) is 0 Å². The summed E-state index contributed by atoms with van der Waals surface area (Å²) in [4.78, 5) is 18.3. The molecule has 0 aliphatic rings. The Morgan fingerprint density at radius 3 is 2.88 bits per heavy atom. The molecule has 0 unspecified atom stereocenters. The molecule has 0 fully saturated rings. The van der Waals surface area contributed by atoms with Crippen molar-refractivity contribution in [2.75, 3.05) is 0 Å². The Kier molecular flexibility index (Phi) is 3.04. The first-order chi connectivity index (χ1) is 8.13. The molecule has 0 atom stereocenters. The summed E-state index contributed by atoms with van der Waals surface area (Å²) in [7, 11) is 0. The maximum atomic E-state index is 13.3. The molecule has 0 bridgehead atoms. The Labute approximate surface area is 98.3 Å². The summed E-state index contributed by atoms with van der Waals surface area (Å²) in [5.74, 6) is -0.324. The van der Waals surface area contributed by atoms with Crippen molar-refractivity contribution < 1.29 is 4.39 Å². The predicted molar refractivity (Wildman–Crippen MR) is 64.4 cm³/mol. The lowest BCUT2D eigenvalue weighted by Crippen LogP contribution is -2.14. The fourth-order valence-corrected chi connectivity index (χ4v) is 1.84. The van der Waals surface area contributed by atoms with Crippen molar-refractivity contribution in [3.8, 4) is 11.3 Å². The van der Waals surface area contributed by atoms with Crippen LogP contribution in [0.4, 0.5) is 4.39 Å². The van der Waals surface area contributed by atoms with Gasteiger partial charge in [-0.2, -0.15) is 0 Å². The Morgan fingerprint density at radius 1 is 1.41 bits per heavy atom. The average molecular weight is 232 g/mol. The lowest BCUT2D eigenvalue weighted by Gasteiger charge is -2.08. The SMILES string of the molecule is CCc1c(-c2cc(F)ccc2C)nc[nH]c1=O. The first-order valence-electron chi connectivity index (χ1n) is 5.46. The highest BCUT2D eigenvalue weighted by molar-refractivity contribution is 5.66. The molecule has 88 valence electrons. The second-order valence-electron chi connectivity index (χ2n) is 3.87. The van der Waals surface area contributed by atoms with Crippen LogP contribution < -0.4 is 5.56 Å². The van der Waals surface area contributed by atoms with Gasteiger partial charge in [0.05, 0.1) is 12.0 Å². The summed E-state index contributed by atoms with van der Waals surface area (Å²) in [6, 6.07) is 4.50. The molecule has 1 aromatic heterocycles. The molecule has 1 N–H and O–H groups in total. The molecule has 1 aromatic carbocycles. The number of rotatable bonds is 2. The number of hydrogen-bond acceptors (Lipinski definition) is 2. The number of aromatic nitrogens is 2. The smallest absolute Gasteiger partial charge is 0.254 e. The molecule has 0 spiro atoms. The summed E-state index contributed by atoms with van der Waals surface area (Å²) in [6.45, 7) is 3.75. The Bertz CT molecular complexity index is 605. The Morgan fingerprint density at radius 2 is 2.18 bits per heavy atom. The number of aromatic amines is 1. The third-order valence-corrected chi connectivity index (χ3v) is 2.76. The zero-order chi connectivity index (χ0) is 12.4. The van der Waals surface area contributed by atoms with Crippen molar-refractivity contribution >= 4 is 0 Å². The van der Waals surface area contributed by atoms with Gasteiger partial charge in [0.2, 0.25) is 0 Å². The third kappa shape index (κ3) is 2.11. The monoisotopic (exact) mass is 232 g/mol. The van der Waals surface area contributed by atoms with E-state index in [-0.39, 0.29) is 11.4 Å². The van der Waals surface area contributed by atoms with Gasteiger partial charge in [-0.3, -0.25) is 4.79 Å². The van der Waals surface area contributed by atoms with E-state index in [9.17, 15) is 9.18 Å². The Hall–Kier alpha value is -1.97. The molecule has 2 rings (SSSR count). The second-order valence-corrected chi connectivity index (χ2v) is 3.87. The van der Waals surface area contributed by atoms with Crippen LogP contribution in [0.1, 0.15) is 18.1 Å². The molecular weight excluding hydrogens is 219 g/mol. The third-order valence-electron chi connectivity index (χ3n) is 2.76. The predicted octanol–water partition coefficient (Wildman–Crippen LogP) is 2.45. The molecular formula is C13H13FN2O. The first kappa shape index (κ1) is 11.5. The molecule has 17 heavy (non-hydrogen) atoms. The van der Waals surface area contributed by atoms with Crippen molar-refractivity contribution in [1.82, 2.24) is 9.97 Å². The van der Waals surface area contributed by atoms with Crippen molar-refractivity contribution in [2.45, 2.75) is 20.3 Å². The van der Waals surface area contributed by atoms with Gasteiger partial charge < -0.3 is 4.98 Å². The van der Waals surface area contributed by atoms with Gasteiger partial charge in [0.15, 0.2) is 0 Å². The summed E-state index contributed by atoms with van der Waals surface area (Å²) < 4.78 is 13.3. The van der Waals surface area contributed by atoms with Gasteiger partial charge in [-0.05, 0) is 31.0 Å². The number of nitrogens with one attached hydrogen (secondary N) is 1. The summed E-state index contributed by atoms with van der Waals surface area (Å²) in [5, 5.41) is 0. The molecule has 0 aliphatic heterocycles. The highest BCUT2D eigenvalue weighted by Crippen LogP contribution is 2.23. The molecule has 4 heteroatoms. The van der Waals surface area contributed by atoms with Crippen LogP contribution in [0.2, 0.25) is 0 Å². The zero-order valence-corrected chi connectivity index (χ0v) is 9.75. The molecule has 0 aliphatic carbocycles. The van der Waals surface area contributed by atoms with Gasteiger partial charge in [0.1, 0.15) is 5.82 Å². The van der Waals surface area contributed by atoms with E-state index in [1.807, 2.05) is 13.8 Å². The Balaban J connectivity index is 2.72. The van der Waals surface area contributed by atoms with Crippen molar-refractivity contribution in [3.05, 3.63) is 51.8 Å². The van der Waals surface area contributed by atoms with Gasteiger partial charge >= 0.3 is 0 Å². The number of benzene rings is 1. The molecule has 0 amide bonds. The van der Waals surface area contributed by atoms with Crippen LogP contribution >= 0.6 is 0 Å². The van der Waals surface area contributed by atoms with E-state index in [2.05, 4.69) is 9.97 Å². The summed E-state index contributed by atoms with van der Waals surface area (Å²) in [6.07, 6.45) is 1.91. The van der Waals surface area contributed by atoms with Crippen LogP contribution in [-0.4, -0.2) is 9.97 Å². The fraction of sp³-hybridized carbons (Fsp3) is 0.231. The molecule has 3 nitrogen and oxygen atoms in total. The number of nitrogens with zero attached hydrogens (tertiary/aromatic N) is 1. The molecule has 0 radical (unpaired) electrons. The maximum Gasteiger partial charge on any atom is 0.254 e. The molecule has 2 aromatic rings. The first-order valence-corrected chi connectivity index (χ1v) is 5.46. The van der Waals surface area contributed by atoms with E-state index in [0.717, 1.165) is 5.56 Å². The minimum atomic E-state index is -0.324. The van der Waals surface area contributed by atoms with Gasteiger partial charge in [0, 0.05) is 11.1 Å². The quantitative estimate of drug-likeness (QED) is 0.864. The normalized spacial score (nSPS) is 10.5. The van der Waals surface area contributed by atoms with Gasteiger partial charge in [0.25, 0.3) is 5.56 Å². The zero-order valence-electron chi connectivity index (χ0n) is 9.75. The number of halogens is 1.